The van der Waals surface area contributed by atoms with Crippen molar-refractivity contribution in [2.45, 2.75) is 64.2 Å². The number of piperidine rings is 1. The minimum atomic E-state index is -0.766. The molecule has 0 saturated carbocycles. The van der Waals surface area contributed by atoms with E-state index in [-0.39, 0.29) is 6.09 Å². The first-order valence-corrected chi connectivity index (χ1v) is 8.05. The third-order valence-corrected chi connectivity index (χ3v) is 3.76. The number of rotatable bonds is 6. The number of carbonyl (C=O) groups is 1. The summed E-state index contributed by atoms with van der Waals surface area (Å²) < 4.78 is 10.4. The van der Waals surface area contributed by atoms with E-state index in [2.05, 4.69) is 5.32 Å². The monoisotopic (exact) mass is 316 g/mol. The highest BCUT2D eigenvalue weighted by Gasteiger charge is 2.28. The van der Waals surface area contributed by atoms with Gasteiger partial charge in [0.1, 0.15) is 5.60 Å². The molecule has 2 N–H and O–H groups in total. The zero-order chi connectivity index (χ0) is 16.8. The Kier molecular flexibility index (Phi) is 7.09. The van der Waals surface area contributed by atoms with Crippen molar-refractivity contribution in [3.8, 4) is 0 Å². The lowest BCUT2D eigenvalue weighted by Gasteiger charge is -2.35. The normalized spacial score (nSPS) is 19.8. The number of carbonyl (C=O) groups excluding carboxylic acids is 1. The number of hydrogen-bond acceptors (Lipinski definition) is 5. The van der Waals surface area contributed by atoms with Crippen LogP contribution >= 0.6 is 0 Å². The van der Waals surface area contributed by atoms with Gasteiger partial charge in [-0.1, -0.05) is 0 Å². The summed E-state index contributed by atoms with van der Waals surface area (Å²) >= 11 is 0. The Labute approximate surface area is 134 Å². The van der Waals surface area contributed by atoms with Crippen LogP contribution in [0, 0.1) is 0 Å². The van der Waals surface area contributed by atoms with Crippen LogP contribution in [0.15, 0.2) is 0 Å². The van der Waals surface area contributed by atoms with Crippen LogP contribution in [0.4, 0.5) is 4.79 Å². The topological polar surface area (TPSA) is 71.0 Å². The van der Waals surface area contributed by atoms with Crippen molar-refractivity contribution in [3.63, 3.8) is 0 Å². The van der Waals surface area contributed by atoms with E-state index in [0.29, 0.717) is 38.7 Å². The summed E-state index contributed by atoms with van der Waals surface area (Å²) in [4.78, 5) is 13.7. The molecule has 0 spiro atoms. The first-order chi connectivity index (χ1) is 10.1. The van der Waals surface area contributed by atoms with Crippen molar-refractivity contribution in [1.29, 1.82) is 0 Å². The molecule has 1 unspecified atom stereocenters. The quantitative estimate of drug-likeness (QED) is 0.781. The highest BCUT2D eigenvalue weighted by Crippen LogP contribution is 2.16. The Hall–Kier alpha value is -0.850. The summed E-state index contributed by atoms with van der Waals surface area (Å²) in [6.07, 6.45) is 2.12. The van der Waals surface area contributed by atoms with Crippen molar-refractivity contribution in [1.82, 2.24) is 10.2 Å². The fraction of sp³-hybridized carbons (Fsp3) is 0.938. The summed E-state index contributed by atoms with van der Waals surface area (Å²) in [5, 5.41) is 13.6. The molecule has 0 bridgehead atoms. The molecule has 0 aromatic heterocycles. The van der Waals surface area contributed by atoms with Crippen molar-refractivity contribution in [2.75, 3.05) is 33.4 Å². The molecule has 1 heterocycles. The summed E-state index contributed by atoms with van der Waals surface area (Å²) in [5.74, 6) is 0. The zero-order valence-electron chi connectivity index (χ0n) is 14.6. The molecule has 0 aromatic carbocycles. The molecule has 130 valence electrons. The highest BCUT2D eigenvalue weighted by atomic mass is 16.6. The second-order valence-electron chi connectivity index (χ2n) is 7.36. The van der Waals surface area contributed by atoms with Gasteiger partial charge in [0.05, 0.1) is 5.60 Å². The van der Waals surface area contributed by atoms with Crippen LogP contribution in [0.25, 0.3) is 0 Å². The summed E-state index contributed by atoms with van der Waals surface area (Å²) in [5.41, 5.74) is -1.22. The summed E-state index contributed by atoms with van der Waals surface area (Å²) in [7, 11) is 1.63. The maximum atomic E-state index is 12.0. The van der Waals surface area contributed by atoms with E-state index in [9.17, 15) is 9.90 Å². The lowest BCUT2D eigenvalue weighted by molar-refractivity contribution is 0.0122. The van der Waals surface area contributed by atoms with E-state index in [0.717, 1.165) is 12.8 Å². The molecular weight excluding hydrogens is 284 g/mol. The fourth-order valence-corrected chi connectivity index (χ4v) is 2.37. The number of ether oxygens (including phenoxy) is 2. The molecule has 22 heavy (non-hydrogen) atoms. The Morgan fingerprint density at radius 1 is 1.27 bits per heavy atom. The molecule has 0 aromatic rings. The lowest BCUT2D eigenvalue weighted by Crippen LogP contribution is -2.49. The van der Waals surface area contributed by atoms with E-state index < -0.39 is 11.2 Å². The third-order valence-electron chi connectivity index (χ3n) is 3.76. The molecule has 1 atom stereocenters. The Morgan fingerprint density at radius 3 is 2.36 bits per heavy atom. The van der Waals surface area contributed by atoms with Gasteiger partial charge in [-0.2, -0.15) is 0 Å². The van der Waals surface area contributed by atoms with Crippen molar-refractivity contribution in [3.05, 3.63) is 0 Å². The van der Waals surface area contributed by atoms with Crippen molar-refractivity contribution in [2.24, 2.45) is 0 Å². The molecule has 1 fully saturated rings. The maximum absolute atomic E-state index is 12.0. The molecule has 0 aliphatic carbocycles. The van der Waals surface area contributed by atoms with Crippen LogP contribution in [0.3, 0.4) is 0 Å². The van der Waals surface area contributed by atoms with Crippen LogP contribution in [0.5, 0.6) is 0 Å². The Bertz CT molecular complexity index is 345. The van der Waals surface area contributed by atoms with Gasteiger partial charge in [0.2, 0.25) is 0 Å². The molecule has 1 saturated heterocycles. The number of aliphatic hydroxyl groups is 1. The Morgan fingerprint density at radius 2 is 1.86 bits per heavy atom. The molecule has 1 rings (SSSR count). The molecule has 6 heteroatoms. The molecule has 0 radical (unpaired) electrons. The minimum Gasteiger partial charge on any atom is -0.444 e. The molecule has 1 amide bonds. The number of nitrogens with one attached hydrogen (secondary N) is 1. The number of nitrogens with zero attached hydrogens (tertiary/aromatic N) is 1. The average molecular weight is 316 g/mol. The van der Waals surface area contributed by atoms with Gasteiger partial charge in [0.25, 0.3) is 0 Å². The molecule has 6 nitrogen and oxygen atoms in total. The van der Waals surface area contributed by atoms with Crippen LogP contribution in [-0.4, -0.2) is 66.7 Å². The van der Waals surface area contributed by atoms with Gasteiger partial charge in [-0.25, -0.2) is 4.79 Å². The molecular formula is C16H32N2O4. The van der Waals surface area contributed by atoms with E-state index in [1.54, 1.807) is 12.0 Å². The van der Waals surface area contributed by atoms with Crippen LogP contribution in [0.2, 0.25) is 0 Å². The van der Waals surface area contributed by atoms with Crippen molar-refractivity contribution >= 4 is 6.09 Å². The van der Waals surface area contributed by atoms with Gasteiger partial charge in [-0.05, 0) is 40.5 Å². The van der Waals surface area contributed by atoms with Gasteiger partial charge in [-0.3, -0.25) is 0 Å². The maximum Gasteiger partial charge on any atom is 0.410 e. The van der Waals surface area contributed by atoms with E-state index in [1.165, 1.54) is 0 Å². The number of methoxy groups -OCH3 is 1. The largest absolute Gasteiger partial charge is 0.444 e. The van der Waals surface area contributed by atoms with E-state index in [1.807, 2.05) is 27.7 Å². The van der Waals surface area contributed by atoms with Gasteiger partial charge in [0.15, 0.2) is 0 Å². The first kappa shape index (κ1) is 19.2. The van der Waals surface area contributed by atoms with Gasteiger partial charge < -0.3 is 24.8 Å². The lowest BCUT2D eigenvalue weighted by atomic mass is 10.00. The third kappa shape index (κ3) is 7.42. The second kappa shape index (κ2) is 8.13. The van der Waals surface area contributed by atoms with Gasteiger partial charge in [-0.15, -0.1) is 0 Å². The highest BCUT2D eigenvalue weighted by molar-refractivity contribution is 5.68. The predicted molar refractivity (Wildman–Crippen MR) is 85.9 cm³/mol. The number of hydrogen-bond donors (Lipinski definition) is 2. The van der Waals surface area contributed by atoms with Crippen LogP contribution in [-0.2, 0) is 9.47 Å². The van der Waals surface area contributed by atoms with Crippen LogP contribution in [0.1, 0.15) is 47.0 Å². The van der Waals surface area contributed by atoms with Gasteiger partial charge in [0, 0.05) is 45.8 Å². The first-order valence-electron chi connectivity index (χ1n) is 8.05. The smallest absolute Gasteiger partial charge is 0.410 e. The predicted octanol–water partition coefficient (Wildman–Crippen LogP) is 1.76. The minimum absolute atomic E-state index is 0.238. The number of amides is 1. The fourth-order valence-electron chi connectivity index (χ4n) is 2.37. The SMILES string of the molecule is COCCC(C)(O)CNC1CCN(C(=O)OC(C)(C)C)CC1. The summed E-state index contributed by atoms with van der Waals surface area (Å²) in [6, 6.07) is 0.327. The Balaban J connectivity index is 2.29. The number of likely N-dealkylation sites (tertiary alicyclic amines) is 1. The zero-order valence-corrected chi connectivity index (χ0v) is 14.6. The van der Waals surface area contributed by atoms with Gasteiger partial charge >= 0.3 is 6.09 Å². The molecule has 1 aliphatic rings. The van der Waals surface area contributed by atoms with Crippen LogP contribution < -0.4 is 5.32 Å². The average Bonchev–Trinajstić information content (AvgIpc) is 2.42. The standard InChI is InChI=1S/C16H32N2O4/c1-15(2,3)22-14(19)18-9-6-13(7-10-18)17-12-16(4,20)8-11-21-5/h13,17,20H,6-12H2,1-5H3. The molecule has 1 aliphatic heterocycles. The second-order valence-corrected chi connectivity index (χ2v) is 7.36. The van der Waals surface area contributed by atoms with E-state index in [4.69, 9.17) is 9.47 Å². The summed E-state index contributed by atoms with van der Waals surface area (Å²) in [6.45, 7) is 9.90. The van der Waals surface area contributed by atoms with Crippen molar-refractivity contribution < 1.29 is 19.4 Å². The van der Waals surface area contributed by atoms with E-state index >= 15 is 0 Å².